The van der Waals surface area contributed by atoms with E-state index in [-0.39, 0.29) is 22.7 Å². The van der Waals surface area contributed by atoms with Crippen molar-refractivity contribution in [1.29, 1.82) is 0 Å². The summed E-state index contributed by atoms with van der Waals surface area (Å²) < 4.78 is 41.8. The van der Waals surface area contributed by atoms with E-state index in [2.05, 4.69) is 4.98 Å². The molecule has 0 bridgehead atoms. The number of rotatable bonds is 7. The third-order valence-electron chi connectivity index (χ3n) is 4.35. The summed E-state index contributed by atoms with van der Waals surface area (Å²) >= 11 is 0. The Balaban J connectivity index is 2.06. The van der Waals surface area contributed by atoms with E-state index >= 15 is 0 Å². The van der Waals surface area contributed by atoms with Crippen molar-refractivity contribution in [3.05, 3.63) is 84.6 Å². The van der Waals surface area contributed by atoms with Gasteiger partial charge in [0.2, 0.25) is 5.91 Å². The van der Waals surface area contributed by atoms with Gasteiger partial charge in [-0.25, -0.2) is 21.6 Å². The molecule has 2 aromatic heterocycles. The van der Waals surface area contributed by atoms with E-state index in [1.165, 1.54) is 66.9 Å². The number of carbonyl (C=O) groups excluding carboxylic acids is 1. The predicted molar refractivity (Wildman–Crippen MR) is 110 cm³/mol. The number of hydrogen-bond acceptors (Lipinski definition) is 5. The number of amides is 1. The zero-order chi connectivity index (χ0) is 22.6. The molecule has 0 saturated heterocycles. The molecule has 1 amide bonds. The Bertz CT molecular complexity index is 1250. The Morgan fingerprint density at radius 1 is 1.19 bits per heavy atom. The molecule has 0 aliphatic carbocycles. The SMILES string of the molecule is CN(Cc1cc(-c2ccccc2F)n(S(=O)(=O)c2cccnc2)c1)C(=O)/C=C/C(=O)O. The van der Waals surface area contributed by atoms with Crippen molar-refractivity contribution in [2.75, 3.05) is 7.05 Å². The van der Waals surface area contributed by atoms with Crippen LogP contribution < -0.4 is 0 Å². The Morgan fingerprint density at radius 2 is 1.94 bits per heavy atom. The molecule has 0 aliphatic heterocycles. The monoisotopic (exact) mass is 443 g/mol. The minimum atomic E-state index is -4.10. The second-order valence-electron chi connectivity index (χ2n) is 6.57. The first-order chi connectivity index (χ1) is 14.7. The molecule has 31 heavy (non-hydrogen) atoms. The molecule has 0 saturated carbocycles. The lowest BCUT2D eigenvalue weighted by Crippen LogP contribution is -2.24. The standard InChI is InChI=1S/C21H18FN3O5S/c1-24(20(26)8-9-21(27)28)13-15-11-19(17-6-2-3-7-18(17)22)25(14-15)31(29,30)16-5-4-10-23-12-16/h2-12,14H,13H2,1H3,(H,27,28)/b9-8+. The van der Waals surface area contributed by atoms with Crippen LogP contribution in [0.4, 0.5) is 4.39 Å². The summed E-state index contributed by atoms with van der Waals surface area (Å²) in [7, 11) is -2.66. The zero-order valence-electron chi connectivity index (χ0n) is 16.3. The quantitative estimate of drug-likeness (QED) is 0.562. The molecule has 0 atom stereocenters. The number of likely N-dealkylation sites (N-methyl/N-ethyl adjacent to an activating group) is 1. The molecular weight excluding hydrogens is 425 g/mol. The number of halogens is 1. The van der Waals surface area contributed by atoms with E-state index in [4.69, 9.17) is 5.11 Å². The van der Waals surface area contributed by atoms with E-state index < -0.39 is 27.7 Å². The van der Waals surface area contributed by atoms with Crippen LogP contribution >= 0.6 is 0 Å². The van der Waals surface area contributed by atoms with Crippen LogP contribution in [0.15, 0.2) is 78.1 Å². The summed E-state index contributed by atoms with van der Waals surface area (Å²) in [4.78, 5) is 27.6. The molecule has 10 heteroatoms. The van der Waals surface area contributed by atoms with Gasteiger partial charge in [-0.3, -0.25) is 9.78 Å². The van der Waals surface area contributed by atoms with Crippen molar-refractivity contribution in [3.63, 3.8) is 0 Å². The van der Waals surface area contributed by atoms with Gasteiger partial charge in [0.25, 0.3) is 10.0 Å². The van der Waals surface area contributed by atoms with E-state index in [9.17, 15) is 22.4 Å². The Kier molecular flexibility index (Phi) is 6.30. The molecular formula is C21H18FN3O5S. The Morgan fingerprint density at radius 3 is 2.58 bits per heavy atom. The first-order valence-electron chi connectivity index (χ1n) is 8.98. The topological polar surface area (TPSA) is 110 Å². The molecule has 1 aromatic carbocycles. The fraction of sp³-hybridized carbons (Fsp3) is 0.0952. The van der Waals surface area contributed by atoms with Crippen molar-refractivity contribution in [2.45, 2.75) is 11.4 Å². The van der Waals surface area contributed by atoms with E-state index in [0.29, 0.717) is 11.6 Å². The van der Waals surface area contributed by atoms with Crippen LogP contribution in [0.25, 0.3) is 11.3 Å². The summed E-state index contributed by atoms with van der Waals surface area (Å²) in [6, 6.07) is 10.1. The highest BCUT2D eigenvalue weighted by atomic mass is 32.2. The van der Waals surface area contributed by atoms with Gasteiger partial charge in [0.1, 0.15) is 10.7 Å². The number of carbonyl (C=O) groups is 2. The number of carboxylic acids is 1. The van der Waals surface area contributed by atoms with Gasteiger partial charge < -0.3 is 10.0 Å². The van der Waals surface area contributed by atoms with Crippen LogP contribution in [0, 0.1) is 5.82 Å². The smallest absolute Gasteiger partial charge is 0.328 e. The minimum Gasteiger partial charge on any atom is -0.478 e. The van der Waals surface area contributed by atoms with Gasteiger partial charge in [0.05, 0.1) is 5.69 Å². The van der Waals surface area contributed by atoms with Gasteiger partial charge in [-0.1, -0.05) is 12.1 Å². The number of nitrogens with zero attached hydrogens (tertiary/aromatic N) is 3. The van der Waals surface area contributed by atoms with E-state index in [0.717, 1.165) is 10.0 Å². The fourth-order valence-corrected chi connectivity index (χ4v) is 4.24. The van der Waals surface area contributed by atoms with Crippen molar-refractivity contribution in [1.82, 2.24) is 13.9 Å². The average molecular weight is 443 g/mol. The largest absolute Gasteiger partial charge is 0.478 e. The second-order valence-corrected chi connectivity index (χ2v) is 8.38. The van der Waals surface area contributed by atoms with Gasteiger partial charge >= 0.3 is 5.97 Å². The molecule has 0 fully saturated rings. The lowest BCUT2D eigenvalue weighted by molar-refractivity contribution is -0.132. The number of carboxylic acid groups (broad SMARTS) is 1. The average Bonchev–Trinajstić information content (AvgIpc) is 3.17. The summed E-state index contributed by atoms with van der Waals surface area (Å²) in [6.45, 7) is -0.0280. The molecule has 8 nitrogen and oxygen atoms in total. The highest BCUT2D eigenvalue weighted by molar-refractivity contribution is 7.90. The molecule has 1 N–H and O–H groups in total. The summed E-state index contributed by atoms with van der Waals surface area (Å²) in [6.07, 6.45) is 5.52. The van der Waals surface area contributed by atoms with Crippen LogP contribution in [-0.2, 0) is 26.2 Å². The van der Waals surface area contributed by atoms with Crippen LogP contribution in [0.1, 0.15) is 5.56 Å². The zero-order valence-corrected chi connectivity index (χ0v) is 17.2. The number of aliphatic carboxylic acids is 1. The highest BCUT2D eigenvalue weighted by Crippen LogP contribution is 2.29. The summed E-state index contributed by atoms with van der Waals surface area (Å²) in [5, 5.41) is 8.66. The molecule has 160 valence electrons. The van der Waals surface area contributed by atoms with E-state index in [1.54, 1.807) is 6.07 Å². The van der Waals surface area contributed by atoms with Crippen molar-refractivity contribution in [3.8, 4) is 11.3 Å². The maximum atomic E-state index is 14.5. The third-order valence-corrected chi connectivity index (χ3v) is 6.01. The summed E-state index contributed by atoms with van der Waals surface area (Å²) in [5.41, 5.74) is 0.560. The van der Waals surface area contributed by atoms with Crippen molar-refractivity contribution >= 4 is 21.9 Å². The van der Waals surface area contributed by atoms with Gasteiger partial charge in [0, 0.05) is 49.9 Å². The van der Waals surface area contributed by atoms with Gasteiger partial charge in [-0.15, -0.1) is 0 Å². The first-order valence-corrected chi connectivity index (χ1v) is 10.4. The van der Waals surface area contributed by atoms with Crippen LogP contribution in [-0.4, -0.2) is 46.3 Å². The minimum absolute atomic E-state index is 0.0280. The maximum Gasteiger partial charge on any atom is 0.328 e. The van der Waals surface area contributed by atoms with Gasteiger partial charge in [-0.2, -0.15) is 0 Å². The van der Waals surface area contributed by atoms with Crippen molar-refractivity contribution in [2.24, 2.45) is 0 Å². The Labute approximate surface area is 177 Å². The molecule has 3 aromatic rings. The second kappa shape index (κ2) is 8.92. The van der Waals surface area contributed by atoms with Crippen molar-refractivity contribution < 1.29 is 27.5 Å². The van der Waals surface area contributed by atoms with E-state index in [1.807, 2.05) is 0 Å². The number of aromatic nitrogens is 2. The molecule has 0 aliphatic rings. The fourth-order valence-electron chi connectivity index (χ4n) is 2.88. The molecule has 0 unspecified atom stereocenters. The number of benzene rings is 1. The molecule has 0 spiro atoms. The predicted octanol–water partition coefficient (Wildman–Crippen LogP) is 2.53. The maximum absolute atomic E-state index is 14.5. The third kappa shape index (κ3) is 4.86. The lowest BCUT2D eigenvalue weighted by Gasteiger charge is -2.13. The van der Waals surface area contributed by atoms with Gasteiger partial charge in [0.15, 0.2) is 0 Å². The number of hydrogen-bond donors (Lipinski definition) is 1. The van der Waals surface area contributed by atoms with Crippen LogP contribution in [0.5, 0.6) is 0 Å². The normalized spacial score (nSPS) is 11.5. The molecule has 3 rings (SSSR count). The first kappa shape index (κ1) is 21.9. The molecule has 0 radical (unpaired) electrons. The van der Waals surface area contributed by atoms with Crippen LogP contribution in [0.2, 0.25) is 0 Å². The Hall–Kier alpha value is -3.79. The van der Waals surface area contributed by atoms with Gasteiger partial charge in [-0.05, 0) is 35.9 Å². The lowest BCUT2D eigenvalue weighted by atomic mass is 10.1. The highest BCUT2D eigenvalue weighted by Gasteiger charge is 2.24. The number of pyridine rings is 1. The molecule has 2 heterocycles. The van der Waals surface area contributed by atoms with Crippen LogP contribution in [0.3, 0.4) is 0 Å². The summed E-state index contributed by atoms with van der Waals surface area (Å²) in [5.74, 6) is -2.46.